The lowest BCUT2D eigenvalue weighted by Crippen LogP contribution is -2.37. The van der Waals surface area contributed by atoms with Gasteiger partial charge in [-0.25, -0.2) is 0 Å². The number of rotatable bonds is 2. The quantitative estimate of drug-likeness (QED) is 0.519. The van der Waals surface area contributed by atoms with Crippen molar-refractivity contribution in [2.75, 3.05) is 5.88 Å². The summed E-state index contributed by atoms with van der Waals surface area (Å²) in [5.41, 5.74) is 0.223. The molecule has 2 bridgehead atoms. The van der Waals surface area contributed by atoms with Gasteiger partial charge in [0.1, 0.15) is 0 Å². The van der Waals surface area contributed by atoms with Gasteiger partial charge in [-0.05, 0) is 43.1 Å². The zero-order valence-electron chi connectivity index (χ0n) is 7.22. The van der Waals surface area contributed by atoms with Crippen molar-refractivity contribution < 1.29 is 5.11 Å². The van der Waals surface area contributed by atoms with Crippen LogP contribution in [0.4, 0.5) is 0 Å². The molecule has 2 aliphatic rings. The Hall–Kier alpha value is -0.0100. The van der Waals surface area contributed by atoms with E-state index in [1.165, 1.54) is 12.8 Å². The lowest BCUT2D eigenvalue weighted by Gasteiger charge is -2.33. The zero-order valence-corrected chi connectivity index (χ0v) is 7.98. The van der Waals surface area contributed by atoms with Crippen LogP contribution in [0.5, 0.6) is 0 Å². The van der Waals surface area contributed by atoms with E-state index in [9.17, 15) is 5.11 Å². The summed E-state index contributed by atoms with van der Waals surface area (Å²) < 4.78 is 0. The van der Waals surface area contributed by atoms with E-state index >= 15 is 0 Å². The molecule has 0 aromatic carbocycles. The molecule has 0 aromatic rings. The molecular weight excluding hydrogens is 172 g/mol. The third kappa shape index (κ3) is 1.03. The molecule has 2 aliphatic carbocycles. The summed E-state index contributed by atoms with van der Waals surface area (Å²) in [5.74, 6) is 1.59. The summed E-state index contributed by atoms with van der Waals surface area (Å²) in [6.45, 7) is 3.86. The fraction of sp³-hybridized carbons (Fsp3) is 0.800. The summed E-state index contributed by atoms with van der Waals surface area (Å²) in [5, 5.41) is 10.3. The minimum absolute atomic E-state index is 0.403. The molecule has 2 fully saturated rings. The highest BCUT2D eigenvalue weighted by atomic mass is 35.5. The van der Waals surface area contributed by atoms with E-state index in [2.05, 4.69) is 6.58 Å². The van der Waals surface area contributed by atoms with Gasteiger partial charge in [0.05, 0.1) is 5.60 Å². The molecular formula is C10H15ClO. The smallest absolute Gasteiger partial charge is 0.0896 e. The van der Waals surface area contributed by atoms with Crippen molar-refractivity contribution in [3.63, 3.8) is 0 Å². The average Bonchev–Trinajstić information content (AvgIpc) is 2.62. The molecule has 0 aliphatic heterocycles. The van der Waals surface area contributed by atoms with E-state index in [-0.39, 0.29) is 0 Å². The number of alkyl halides is 1. The number of fused-ring (bicyclic) bond motifs is 2. The standard InChI is InChI=1S/C10H15ClO/c1-7(6-11)10(12)5-8-2-3-9(10)4-8/h8-9,12H,1-6H2/t8-,9+,10+/m1/s1. The van der Waals surface area contributed by atoms with Crippen molar-refractivity contribution in [2.24, 2.45) is 11.8 Å². The van der Waals surface area contributed by atoms with Crippen molar-refractivity contribution in [3.05, 3.63) is 12.2 Å². The molecule has 0 radical (unpaired) electrons. The van der Waals surface area contributed by atoms with Crippen molar-refractivity contribution in [3.8, 4) is 0 Å². The molecule has 0 heterocycles. The van der Waals surface area contributed by atoms with Gasteiger partial charge in [0.15, 0.2) is 0 Å². The molecule has 0 saturated heterocycles. The molecule has 2 saturated carbocycles. The first kappa shape index (κ1) is 8.58. The van der Waals surface area contributed by atoms with Crippen LogP contribution >= 0.6 is 11.6 Å². The first-order valence-electron chi connectivity index (χ1n) is 4.63. The van der Waals surface area contributed by atoms with Crippen molar-refractivity contribution >= 4 is 11.6 Å². The maximum atomic E-state index is 10.3. The van der Waals surface area contributed by atoms with Gasteiger partial charge in [-0.1, -0.05) is 6.58 Å². The third-order valence-electron chi connectivity index (χ3n) is 3.59. The third-order valence-corrected chi connectivity index (χ3v) is 3.91. The molecule has 0 spiro atoms. The lowest BCUT2D eigenvalue weighted by atomic mass is 9.80. The summed E-state index contributed by atoms with van der Waals surface area (Å²) in [4.78, 5) is 0. The van der Waals surface area contributed by atoms with E-state index < -0.39 is 5.60 Å². The van der Waals surface area contributed by atoms with Crippen LogP contribution in [0, 0.1) is 11.8 Å². The minimum atomic E-state index is -0.606. The van der Waals surface area contributed by atoms with Gasteiger partial charge in [0.2, 0.25) is 0 Å². The summed E-state index contributed by atoms with van der Waals surface area (Å²) >= 11 is 5.70. The van der Waals surface area contributed by atoms with Crippen molar-refractivity contribution in [1.82, 2.24) is 0 Å². The maximum Gasteiger partial charge on any atom is 0.0896 e. The molecule has 1 nitrogen and oxygen atoms in total. The van der Waals surface area contributed by atoms with Crippen LogP contribution in [-0.4, -0.2) is 16.6 Å². The van der Waals surface area contributed by atoms with E-state index in [1.54, 1.807) is 0 Å². The molecule has 0 aromatic heterocycles. The van der Waals surface area contributed by atoms with Crippen LogP contribution in [0.15, 0.2) is 12.2 Å². The summed E-state index contributed by atoms with van der Waals surface area (Å²) in [6.07, 6.45) is 4.55. The first-order valence-corrected chi connectivity index (χ1v) is 5.17. The Bertz CT molecular complexity index is 214. The Balaban J connectivity index is 2.17. The van der Waals surface area contributed by atoms with Crippen LogP contribution in [0.1, 0.15) is 25.7 Å². The number of halogens is 1. The SMILES string of the molecule is C=C(CCl)[C@@]1(O)C[C@@H]2CC[C@H]1C2. The maximum absolute atomic E-state index is 10.3. The van der Waals surface area contributed by atoms with Gasteiger partial charge >= 0.3 is 0 Å². The first-order chi connectivity index (χ1) is 5.66. The zero-order chi connectivity index (χ0) is 8.77. The van der Waals surface area contributed by atoms with Gasteiger partial charge in [0, 0.05) is 5.88 Å². The summed E-state index contributed by atoms with van der Waals surface area (Å²) in [7, 11) is 0. The lowest BCUT2D eigenvalue weighted by molar-refractivity contribution is 0.0234. The highest BCUT2D eigenvalue weighted by Gasteiger charge is 2.50. The van der Waals surface area contributed by atoms with Gasteiger partial charge in [-0.15, -0.1) is 11.6 Å². The van der Waals surface area contributed by atoms with E-state index in [4.69, 9.17) is 11.6 Å². The highest BCUT2D eigenvalue weighted by molar-refractivity contribution is 6.19. The van der Waals surface area contributed by atoms with Gasteiger partial charge in [0.25, 0.3) is 0 Å². The van der Waals surface area contributed by atoms with Crippen molar-refractivity contribution in [2.45, 2.75) is 31.3 Å². The summed E-state index contributed by atoms with van der Waals surface area (Å²) in [6, 6.07) is 0. The Labute approximate surface area is 78.4 Å². The van der Waals surface area contributed by atoms with E-state index in [0.717, 1.165) is 24.3 Å². The molecule has 1 N–H and O–H groups in total. The van der Waals surface area contributed by atoms with E-state index in [1.807, 2.05) is 0 Å². The molecule has 68 valence electrons. The Kier molecular flexibility index (Phi) is 1.96. The second-order valence-corrected chi connectivity index (χ2v) is 4.51. The second-order valence-electron chi connectivity index (χ2n) is 4.24. The van der Waals surface area contributed by atoms with Crippen LogP contribution in [0.25, 0.3) is 0 Å². The van der Waals surface area contributed by atoms with Crippen LogP contribution < -0.4 is 0 Å². The Morgan fingerprint density at radius 1 is 1.58 bits per heavy atom. The van der Waals surface area contributed by atoms with Crippen LogP contribution in [0.3, 0.4) is 0 Å². The predicted octanol–water partition coefficient (Wildman–Crippen LogP) is 2.33. The minimum Gasteiger partial charge on any atom is -0.385 e. The topological polar surface area (TPSA) is 20.2 Å². The van der Waals surface area contributed by atoms with Gasteiger partial charge in [-0.2, -0.15) is 0 Å². The van der Waals surface area contributed by atoms with Gasteiger partial charge in [-0.3, -0.25) is 0 Å². The fourth-order valence-electron chi connectivity index (χ4n) is 2.85. The Morgan fingerprint density at radius 2 is 2.33 bits per heavy atom. The van der Waals surface area contributed by atoms with Gasteiger partial charge < -0.3 is 5.11 Å². The van der Waals surface area contributed by atoms with Crippen LogP contribution in [-0.2, 0) is 0 Å². The Morgan fingerprint density at radius 3 is 2.75 bits per heavy atom. The monoisotopic (exact) mass is 186 g/mol. The second kappa shape index (κ2) is 2.74. The molecule has 12 heavy (non-hydrogen) atoms. The number of hydrogen-bond donors (Lipinski definition) is 1. The number of hydrogen-bond acceptors (Lipinski definition) is 1. The number of aliphatic hydroxyl groups is 1. The molecule has 2 rings (SSSR count). The highest BCUT2D eigenvalue weighted by Crippen LogP contribution is 2.53. The average molecular weight is 187 g/mol. The fourth-order valence-corrected chi connectivity index (χ4v) is 3.08. The largest absolute Gasteiger partial charge is 0.385 e. The molecule has 3 atom stereocenters. The normalized spacial score (nSPS) is 45.2. The predicted molar refractivity (Wildman–Crippen MR) is 50.3 cm³/mol. The molecule has 0 amide bonds. The molecule has 2 heteroatoms. The molecule has 0 unspecified atom stereocenters. The van der Waals surface area contributed by atoms with Crippen molar-refractivity contribution in [1.29, 1.82) is 0 Å². The van der Waals surface area contributed by atoms with E-state index in [0.29, 0.717) is 11.8 Å². The van der Waals surface area contributed by atoms with Crippen LogP contribution in [0.2, 0.25) is 0 Å².